The van der Waals surface area contributed by atoms with Gasteiger partial charge in [-0.15, -0.1) is 11.3 Å². The van der Waals surface area contributed by atoms with Crippen LogP contribution in [-0.4, -0.2) is 4.98 Å². The summed E-state index contributed by atoms with van der Waals surface area (Å²) in [5, 5.41) is 2.20. The van der Waals surface area contributed by atoms with Gasteiger partial charge in [0.1, 0.15) is 0 Å². The van der Waals surface area contributed by atoms with Gasteiger partial charge in [-0.2, -0.15) is 0 Å². The van der Waals surface area contributed by atoms with Gasteiger partial charge in [0, 0.05) is 17.3 Å². The molecule has 0 aromatic carbocycles. The van der Waals surface area contributed by atoms with Crippen molar-refractivity contribution in [3.8, 4) is 0 Å². The minimum Gasteiger partial charge on any atom is -0.264 e. The molecule has 88 valence electrons. The molecule has 0 saturated heterocycles. The molecule has 0 aliphatic rings. The molecule has 2 heteroatoms. The Kier molecular flexibility index (Phi) is 3.43. The van der Waals surface area contributed by atoms with E-state index < -0.39 is 0 Å². The van der Waals surface area contributed by atoms with Gasteiger partial charge in [-0.25, -0.2) is 0 Å². The van der Waals surface area contributed by atoms with Crippen LogP contribution < -0.4 is 0 Å². The van der Waals surface area contributed by atoms with Gasteiger partial charge in [-0.05, 0) is 34.1 Å². The molecule has 2 aromatic rings. The van der Waals surface area contributed by atoms with Crippen LogP contribution in [-0.2, 0) is 5.41 Å². The third-order valence-electron chi connectivity index (χ3n) is 2.51. The van der Waals surface area contributed by atoms with Crippen LogP contribution in [0.5, 0.6) is 0 Å². The highest BCUT2D eigenvalue weighted by molar-refractivity contribution is 7.10. The first kappa shape index (κ1) is 12.1. The van der Waals surface area contributed by atoms with E-state index in [0.717, 1.165) is 5.56 Å². The Morgan fingerprint density at radius 1 is 1.18 bits per heavy atom. The number of pyridine rings is 1. The summed E-state index contributed by atoms with van der Waals surface area (Å²) < 4.78 is 0. The van der Waals surface area contributed by atoms with Gasteiger partial charge >= 0.3 is 0 Å². The zero-order valence-electron chi connectivity index (χ0n) is 10.5. The Labute approximate surface area is 107 Å². The molecular weight excluding hydrogens is 226 g/mol. The van der Waals surface area contributed by atoms with Crippen LogP contribution >= 0.6 is 11.3 Å². The van der Waals surface area contributed by atoms with Crippen molar-refractivity contribution in [1.29, 1.82) is 0 Å². The Morgan fingerprint density at radius 2 is 1.94 bits per heavy atom. The van der Waals surface area contributed by atoms with Crippen molar-refractivity contribution in [3.63, 3.8) is 0 Å². The fourth-order valence-electron chi connectivity index (χ4n) is 1.50. The Bertz CT molecular complexity index is 503. The van der Waals surface area contributed by atoms with Crippen LogP contribution in [0.15, 0.2) is 36.0 Å². The van der Waals surface area contributed by atoms with Crippen molar-refractivity contribution in [2.75, 3.05) is 0 Å². The van der Waals surface area contributed by atoms with Gasteiger partial charge in [-0.3, -0.25) is 4.98 Å². The second-order valence-corrected chi connectivity index (χ2v) is 6.03. The first-order valence-corrected chi connectivity index (χ1v) is 6.61. The molecule has 2 heterocycles. The minimum absolute atomic E-state index is 0.241. The number of thiophene rings is 1. The van der Waals surface area contributed by atoms with Crippen molar-refractivity contribution < 1.29 is 0 Å². The molecule has 2 aromatic heterocycles. The van der Waals surface area contributed by atoms with E-state index in [2.05, 4.69) is 55.4 Å². The van der Waals surface area contributed by atoms with Gasteiger partial charge in [0.25, 0.3) is 0 Å². The SMILES string of the molecule is CC(C)(C)c1cc(/C=C/c2cccnc2)cs1. The van der Waals surface area contributed by atoms with E-state index in [9.17, 15) is 0 Å². The van der Waals surface area contributed by atoms with E-state index >= 15 is 0 Å². The van der Waals surface area contributed by atoms with Gasteiger partial charge < -0.3 is 0 Å². The van der Waals surface area contributed by atoms with Crippen molar-refractivity contribution >= 4 is 23.5 Å². The molecule has 0 saturated carbocycles. The van der Waals surface area contributed by atoms with Crippen LogP contribution in [0.3, 0.4) is 0 Å². The predicted molar refractivity (Wildman–Crippen MR) is 76.2 cm³/mol. The van der Waals surface area contributed by atoms with E-state index in [1.807, 2.05) is 23.6 Å². The molecule has 0 N–H and O–H groups in total. The summed E-state index contributed by atoms with van der Waals surface area (Å²) in [6.45, 7) is 6.73. The fraction of sp³-hybridized carbons (Fsp3) is 0.267. The van der Waals surface area contributed by atoms with E-state index in [-0.39, 0.29) is 5.41 Å². The van der Waals surface area contributed by atoms with Crippen LogP contribution in [0.4, 0.5) is 0 Å². The highest BCUT2D eigenvalue weighted by Crippen LogP contribution is 2.29. The third-order valence-corrected chi connectivity index (χ3v) is 3.89. The van der Waals surface area contributed by atoms with Crippen LogP contribution in [0, 0.1) is 0 Å². The summed E-state index contributed by atoms with van der Waals surface area (Å²) in [6, 6.07) is 6.27. The molecule has 2 rings (SSSR count). The van der Waals surface area contributed by atoms with Crippen LogP contribution in [0.1, 0.15) is 36.8 Å². The topological polar surface area (TPSA) is 12.9 Å². The largest absolute Gasteiger partial charge is 0.264 e. The average molecular weight is 243 g/mol. The Balaban J connectivity index is 2.15. The van der Waals surface area contributed by atoms with Gasteiger partial charge in [0.2, 0.25) is 0 Å². The molecule has 0 spiro atoms. The smallest absolute Gasteiger partial charge is 0.0340 e. The van der Waals surface area contributed by atoms with Gasteiger partial charge in [0.15, 0.2) is 0 Å². The summed E-state index contributed by atoms with van der Waals surface area (Å²) in [5.74, 6) is 0. The molecule has 0 aliphatic carbocycles. The lowest BCUT2D eigenvalue weighted by molar-refractivity contribution is 0.604. The van der Waals surface area contributed by atoms with Crippen LogP contribution in [0.25, 0.3) is 12.2 Å². The lowest BCUT2D eigenvalue weighted by atomic mass is 9.94. The zero-order valence-corrected chi connectivity index (χ0v) is 11.3. The number of rotatable bonds is 2. The first-order valence-electron chi connectivity index (χ1n) is 5.73. The summed E-state index contributed by atoms with van der Waals surface area (Å²) in [6.07, 6.45) is 7.90. The van der Waals surface area contributed by atoms with Gasteiger partial charge in [-0.1, -0.05) is 39.0 Å². The minimum atomic E-state index is 0.241. The molecule has 0 amide bonds. The molecule has 0 radical (unpaired) electrons. The van der Waals surface area contributed by atoms with E-state index in [1.165, 1.54) is 10.4 Å². The summed E-state index contributed by atoms with van der Waals surface area (Å²) in [7, 11) is 0. The molecule has 0 aliphatic heterocycles. The standard InChI is InChI=1S/C15H17NS/c1-15(2,3)14-9-13(11-17-14)7-6-12-5-4-8-16-10-12/h4-11H,1-3H3/b7-6+. The second-order valence-electron chi connectivity index (χ2n) is 5.11. The maximum absolute atomic E-state index is 4.09. The molecule has 0 atom stereocenters. The lowest BCUT2D eigenvalue weighted by Crippen LogP contribution is -2.07. The number of aromatic nitrogens is 1. The second kappa shape index (κ2) is 4.84. The van der Waals surface area contributed by atoms with Crippen molar-refractivity contribution in [3.05, 3.63) is 52.0 Å². The molecule has 17 heavy (non-hydrogen) atoms. The summed E-state index contributed by atoms with van der Waals surface area (Å²) >= 11 is 1.82. The fourth-order valence-corrected chi connectivity index (χ4v) is 2.47. The lowest BCUT2D eigenvalue weighted by Gasteiger charge is -2.14. The normalized spacial score (nSPS) is 12.2. The van der Waals surface area contributed by atoms with Crippen LogP contribution in [0.2, 0.25) is 0 Å². The quantitative estimate of drug-likeness (QED) is 0.750. The molecule has 0 unspecified atom stereocenters. The molecule has 0 bridgehead atoms. The van der Waals surface area contributed by atoms with Crippen molar-refractivity contribution in [1.82, 2.24) is 4.98 Å². The predicted octanol–water partition coefficient (Wildman–Crippen LogP) is 4.61. The molecular formula is C15H17NS. The van der Waals surface area contributed by atoms with Crippen molar-refractivity contribution in [2.45, 2.75) is 26.2 Å². The van der Waals surface area contributed by atoms with Gasteiger partial charge in [0.05, 0.1) is 0 Å². The maximum atomic E-state index is 4.09. The Morgan fingerprint density at radius 3 is 2.53 bits per heavy atom. The van der Waals surface area contributed by atoms with E-state index in [1.54, 1.807) is 6.20 Å². The average Bonchev–Trinajstić information content (AvgIpc) is 2.76. The zero-order chi connectivity index (χ0) is 12.3. The third kappa shape index (κ3) is 3.27. The number of nitrogens with zero attached hydrogens (tertiary/aromatic N) is 1. The highest BCUT2D eigenvalue weighted by Gasteiger charge is 2.15. The molecule has 0 fully saturated rings. The maximum Gasteiger partial charge on any atom is 0.0340 e. The number of hydrogen-bond donors (Lipinski definition) is 0. The highest BCUT2D eigenvalue weighted by atomic mass is 32.1. The van der Waals surface area contributed by atoms with E-state index in [0.29, 0.717) is 0 Å². The summed E-state index contributed by atoms with van der Waals surface area (Å²) in [4.78, 5) is 5.51. The van der Waals surface area contributed by atoms with Crippen molar-refractivity contribution in [2.24, 2.45) is 0 Å². The first-order chi connectivity index (χ1) is 8.05. The number of hydrogen-bond acceptors (Lipinski definition) is 2. The molecule has 1 nitrogen and oxygen atoms in total. The monoisotopic (exact) mass is 243 g/mol. The van der Waals surface area contributed by atoms with E-state index in [4.69, 9.17) is 0 Å². The Hall–Kier alpha value is -1.41. The summed E-state index contributed by atoms with van der Waals surface area (Å²) in [5.41, 5.74) is 2.64.